The number of aromatic nitrogens is 4. The summed E-state index contributed by atoms with van der Waals surface area (Å²) >= 11 is 4.76. The number of hydrogen-bond acceptors (Lipinski definition) is 6. The molecule has 0 saturated heterocycles. The number of carbonyl (C=O) groups excluding carboxylic acids is 1. The Balaban J connectivity index is 1.66. The van der Waals surface area contributed by atoms with Crippen molar-refractivity contribution >= 4 is 34.9 Å². The summed E-state index contributed by atoms with van der Waals surface area (Å²) in [6, 6.07) is 5.21. The molecule has 9 heteroatoms. The second kappa shape index (κ2) is 6.13. The van der Waals surface area contributed by atoms with Crippen LogP contribution in [-0.2, 0) is 11.2 Å². The molecule has 0 unspecified atom stereocenters. The predicted octanol–water partition coefficient (Wildman–Crippen LogP) is 1.85. The molecular formula is C14H13N5O3S. The number of carbonyl (C=O) groups is 1. The number of benzene rings is 1. The van der Waals surface area contributed by atoms with Gasteiger partial charge in [-0.2, -0.15) is 5.10 Å². The van der Waals surface area contributed by atoms with Crippen LogP contribution < -0.4 is 10.9 Å². The van der Waals surface area contributed by atoms with Gasteiger partial charge in [0.1, 0.15) is 11.2 Å². The van der Waals surface area contributed by atoms with Gasteiger partial charge in [-0.1, -0.05) is 0 Å². The molecule has 0 aliphatic heterocycles. The van der Waals surface area contributed by atoms with Gasteiger partial charge in [0.05, 0.1) is 0 Å². The lowest BCUT2D eigenvalue weighted by Crippen LogP contribution is -2.19. The van der Waals surface area contributed by atoms with E-state index in [0.29, 0.717) is 22.7 Å². The Labute approximate surface area is 135 Å². The quantitative estimate of drug-likeness (QED) is 0.628. The van der Waals surface area contributed by atoms with Crippen LogP contribution in [0.4, 0.5) is 5.69 Å². The predicted molar refractivity (Wildman–Crippen MR) is 85.7 cm³/mol. The first kappa shape index (κ1) is 15.1. The average Bonchev–Trinajstić information content (AvgIpc) is 2.85. The summed E-state index contributed by atoms with van der Waals surface area (Å²) in [5.41, 5.74) is 1.80. The zero-order chi connectivity index (χ0) is 16.4. The number of rotatable bonds is 4. The van der Waals surface area contributed by atoms with Crippen LogP contribution >= 0.6 is 12.2 Å². The van der Waals surface area contributed by atoms with Gasteiger partial charge in [0, 0.05) is 25.5 Å². The molecule has 0 bridgehead atoms. The summed E-state index contributed by atoms with van der Waals surface area (Å²) in [5.74, 6) is 0.337. The molecule has 0 saturated carbocycles. The van der Waals surface area contributed by atoms with Gasteiger partial charge in [-0.15, -0.1) is 0 Å². The third kappa shape index (κ3) is 3.51. The van der Waals surface area contributed by atoms with E-state index in [4.69, 9.17) is 16.6 Å². The number of aromatic amines is 2. The summed E-state index contributed by atoms with van der Waals surface area (Å²) in [5, 5.41) is 9.07. The highest BCUT2D eigenvalue weighted by molar-refractivity contribution is 7.71. The molecule has 23 heavy (non-hydrogen) atoms. The lowest BCUT2D eigenvalue weighted by molar-refractivity contribution is -0.116. The van der Waals surface area contributed by atoms with Gasteiger partial charge in [-0.3, -0.25) is 19.7 Å². The maximum Gasteiger partial charge on any atom is 0.273 e. The Morgan fingerprint density at radius 1 is 1.43 bits per heavy atom. The Hall–Kier alpha value is -2.81. The minimum Gasteiger partial charge on any atom is -0.441 e. The van der Waals surface area contributed by atoms with E-state index in [0.717, 1.165) is 0 Å². The fourth-order valence-corrected chi connectivity index (χ4v) is 2.26. The first-order valence-corrected chi connectivity index (χ1v) is 7.27. The van der Waals surface area contributed by atoms with Crippen LogP contribution in [0.15, 0.2) is 27.4 Å². The van der Waals surface area contributed by atoms with Gasteiger partial charge < -0.3 is 9.73 Å². The monoisotopic (exact) mass is 331 g/mol. The molecule has 1 aromatic carbocycles. The van der Waals surface area contributed by atoms with Crippen LogP contribution in [0.25, 0.3) is 11.1 Å². The maximum atomic E-state index is 12.0. The third-order valence-electron chi connectivity index (χ3n) is 3.15. The van der Waals surface area contributed by atoms with Crippen LogP contribution in [0, 0.1) is 11.7 Å². The summed E-state index contributed by atoms with van der Waals surface area (Å²) < 4.78 is 5.53. The Morgan fingerprint density at radius 3 is 3.04 bits per heavy atom. The van der Waals surface area contributed by atoms with Crippen molar-refractivity contribution in [2.75, 3.05) is 5.32 Å². The summed E-state index contributed by atoms with van der Waals surface area (Å²) in [4.78, 5) is 30.2. The fraction of sp³-hybridized carbons (Fsp3) is 0.214. The minimum atomic E-state index is -0.388. The van der Waals surface area contributed by atoms with E-state index in [9.17, 15) is 9.59 Å². The number of anilines is 1. The Kier molecular flexibility index (Phi) is 4.02. The van der Waals surface area contributed by atoms with Crippen LogP contribution in [0.5, 0.6) is 0 Å². The van der Waals surface area contributed by atoms with Crippen molar-refractivity contribution in [1.29, 1.82) is 0 Å². The maximum absolute atomic E-state index is 12.0. The van der Waals surface area contributed by atoms with Crippen molar-refractivity contribution in [2.45, 2.75) is 19.8 Å². The van der Waals surface area contributed by atoms with Crippen LogP contribution in [-0.4, -0.2) is 26.1 Å². The van der Waals surface area contributed by atoms with Crippen molar-refractivity contribution in [3.8, 4) is 0 Å². The van der Waals surface area contributed by atoms with Gasteiger partial charge in [-0.05, 0) is 30.4 Å². The standard InChI is InChI=1S/C14H13N5O3S/c1-7-15-10-6-8(2-4-11(10)22-7)16-12(20)5-3-9-13(21)17-14(23)19-18-9/h2,4,6H,3,5H2,1H3,(H,16,20)(H2,17,19,21,23). The van der Waals surface area contributed by atoms with Crippen molar-refractivity contribution in [1.82, 2.24) is 20.2 Å². The summed E-state index contributed by atoms with van der Waals surface area (Å²) in [6.45, 7) is 1.76. The van der Waals surface area contributed by atoms with E-state index < -0.39 is 0 Å². The number of nitrogens with one attached hydrogen (secondary N) is 3. The lowest BCUT2D eigenvalue weighted by atomic mass is 10.2. The second-order valence-corrected chi connectivity index (χ2v) is 5.33. The Bertz CT molecular complexity index is 988. The number of fused-ring (bicyclic) bond motifs is 1. The topological polar surface area (TPSA) is 117 Å². The number of hydrogen-bond donors (Lipinski definition) is 3. The van der Waals surface area contributed by atoms with E-state index in [2.05, 4.69) is 25.5 Å². The highest BCUT2D eigenvalue weighted by Crippen LogP contribution is 2.19. The first-order valence-electron chi connectivity index (χ1n) is 6.86. The molecule has 8 nitrogen and oxygen atoms in total. The molecule has 2 aromatic heterocycles. The molecule has 0 atom stereocenters. The lowest BCUT2D eigenvalue weighted by Gasteiger charge is -2.04. The molecule has 0 radical (unpaired) electrons. The summed E-state index contributed by atoms with van der Waals surface area (Å²) in [7, 11) is 0. The summed E-state index contributed by atoms with van der Waals surface area (Å²) in [6.07, 6.45) is 0.329. The van der Waals surface area contributed by atoms with Crippen LogP contribution in [0.2, 0.25) is 0 Å². The van der Waals surface area contributed by atoms with Crippen molar-refractivity contribution in [3.05, 3.63) is 44.9 Å². The minimum absolute atomic E-state index is 0.122. The zero-order valence-electron chi connectivity index (χ0n) is 12.2. The van der Waals surface area contributed by atoms with Crippen molar-refractivity contribution in [3.63, 3.8) is 0 Å². The molecule has 3 aromatic rings. The zero-order valence-corrected chi connectivity index (χ0v) is 13.0. The first-order chi connectivity index (χ1) is 11.0. The number of oxazole rings is 1. The van der Waals surface area contributed by atoms with E-state index in [1.807, 2.05) is 0 Å². The second-order valence-electron chi connectivity index (χ2n) is 4.92. The molecule has 118 valence electrons. The SMILES string of the molecule is Cc1nc2cc(NC(=O)CCc3n[nH]c(=S)[nH]c3=O)ccc2o1. The molecule has 3 N–H and O–H groups in total. The molecule has 0 fully saturated rings. The smallest absolute Gasteiger partial charge is 0.273 e. The number of H-pyrrole nitrogens is 2. The normalized spacial score (nSPS) is 10.8. The molecule has 0 aliphatic carbocycles. The highest BCUT2D eigenvalue weighted by atomic mass is 32.1. The van der Waals surface area contributed by atoms with Gasteiger partial charge >= 0.3 is 0 Å². The fourth-order valence-electron chi connectivity index (χ4n) is 2.12. The number of amides is 1. The van der Waals surface area contributed by atoms with Gasteiger partial charge in [0.25, 0.3) is 5.56 Å². The molecule has 0 aliphatic rings. The van der Waals surface area contributed by atoms with Gasteiger partial charge in [0.2, 0.25) is 5.91 Å². The molecule has 1 amide bonds. The molecule has 2 heterocycles. The third-order valence-corrected chi connectivity index (χ3v) is 3.34. The highest BCUT2D eigenvalue weighted by Gasteiger charge is 2.09. The molecule has 0 spiro atoms. The van der Waals surface area contributed by atoms with Crippen molar-refractivity contribution in [2.24, 2.45) is 0 Å². The number of aryl methyl sites for hydroxylation is 2. The number of nitrogens with zero attached hydrogens (tertiary/aromatic N) is 2. The largest absolute Gasteiger partial charge is 0.441 e. The molecular weight excluding hydrogens is 318 g/mol. The van der Waals surface area contributed by atoms with E-state index in [-0.39, 0.29) is 34.8 Å². The van der Waals surface area contributed by atoms with Crippen LogP contribution in [0.3, 0.4) is 0 Å². The van der Waals surface area contributed by atoms with Gasteiger partial charge in [0.15, 0.2) is 16.2 Å². The average molecular weight is 331 g/mol. The van der Waals surface area contributed by atoms with E-state index >= 15 is 0 Å². The molecule has 3 rings (SSSR count). The van der Waals surface area contributed by atoms with Crippen molar-refractivity contribution < 1.29 is 9.21 Å². The van der Waals surface area contributed by atoms with E-state index in [1.54, 1.807) is 25.1 Å². The van der Waals surface area contributed by atoms with Gasteiger partial charge in [-0.25, -0.2) is 4.98 Å². The van der Waals surface area contributed by atoms with E-state index in [1.165, 1.54) is 0 Å². The van der Waals surface area contributed by atoms with Crippen LogP contribution in [0.1, 0.15) is 18.0 Å². The Morgan fingerprint density at radius 2 is 2.26 bits per heavy atom.